The lowest BCUT2D eigenvalue weighted by molar-refractivity contribution is -0.150. The molecule has 9 nitrogen and oxygen atoms in total. The van der Waals surface area contributed by atoms with Gasteiger partial charge in [-0.1, -0.05) is 142 Å². The summed E-state index contributed by atoms with van der Waals surface area (Å²) in [6, 6.07) is 0. The molecule has 9 atom stereocenters. The topological polar surface area (TPSA) is 121 Å². The molecule has 0 spiro atoms. The maximum atomic E-state index is 13.2. The van der Waals surface area contributed by atoms with Crippen molar-refractivity contribution in [1.29, 1.82) is 0 Å². The van der Waals surface area contributed by atoms with Gasteiger partial charge in [0.2, 0.25) is 5.76 Å². The standard InChI is InChI=1S/C34H60O6P2.C10H20O2.CH4O/c1-23(2)33(42(10)40-39-41)27(6)18-13-11-12-17-26(5)30-19-15-14-16-24(3)20-28(7)32(35)29(8)21-25(4)22-31(37-9)34(36)38-30;1-3-4-5-6-7-8-9-10(11)12-2;1-2/h14-16,21-23,26-30,32-33,35H,11-13,17-20,41H2,1-10H3;3-9H2,1-2H3;2H,1H3/b15-14+,24-16+,25-21+,31-22-;;/t26?,27?,28-,29?,30?,32?,33+,42?;;/m0../s1. The van der Waals surface area contributed by atoms with Crippen LogP contribution in [-0.4, -0.2) is 68.0 Å². The number of ether oxygens (including phenoxy) is 3. The van der Waals surface area contributed by atoms with Crippen molar-refractivity contribution in [2.45, 2.75) is 170 Å². The fraction of sp³-hybridized carbons (Fsp3) is 0.778. The van der Waals surface area contributed by atoms with E-state index in [1.807, 2.05) is 19.9 Å². The third kappa shape index (κ3) is 26.4. The highest BCUT2D eigenvalue weighted by Gasteiger charge is 2.28. The maximum Gasteiger partial charge on any atom is 0.373 e. The number of cyclic esters (lactones) is 1. The third-order valence-electron chi connectivity index (χ3n) is 10.5. The number of esters is 2. The Labute approximate surface area is 346 Å². The SMILES string of the molecule is CCCCCCCCC(=O)OC.CO.CO/C1=C\C(C)=C\C(C)C(O)[C@@H](C)C/C(C)=C/C=C/CC(C(C)CCCCCC(C)[C@@H](C(C)C)P(C)OOP)OC1=O. The minimum absolute atomic E-state index is 0.0594. The van der Waals surface area contributed by atoms with Gasteiger partial charge >= 0.3 is 11.9 Å². The van der Waals surface area contributed by atoms with Gasteiger partial charge in [0.25, 0.3) is 0 Å². The Hall–Kier alpha value is -1.60. The zero-order chi connectivity index (χ0) is 43.1. The maximum absolute atomic E-state index is 13.2. The molecule has 0 aliphatic carbocycles. The van der Waals surface area contributed by atoms with E-state index >= 15 is 0 Å². The summed E-state index contributed by atoms with van der Waals surface area (Å²) in [6.07, 6.45) is 24.2. The van der Waals surface area contributed by atoms with Crippen molar-refractivity contribution in [3.63, 3.8) is 0 Å². The third-order valence-corrected chi connectivity index (χ3v) is 13.0. The largest absolute Gasteiger partial charge is 0.490 e. The zero-order valence-electron chi connectivity index (χ0n) is 37.7. The number of methoxy groups -OCH3 is 2. The molecular formula is C45H84O9P2. The molecule has 1 aliphatic rings. The van der Waals surface area contributed by atoms with Gasteiger partial charge in [-0.3, -0.25) is 4.79 Å². The molecule has 0 fully saturated rings. The summed E-state index contributed by atoms with van der Waals surface area (Å²) >= 11 is 0. The smallest absolute Gasteiger partial charge is 0.373 e. The van der Waals surface area contributed by atoms with E-state index in [4.69, 9.17) is 23.9 Å². The van der Waals surface area contributed by atoms with Crippen LogP contribution in [0.25, 0.3) is 0 Å². The molecule has 0 saturated carbocycles. The van der Waals surface area contributed by atoms with Gasteiger partial charge in [0.15, 0.2) is 0 Å². The molecule has 56 heavy (non-hydrogen) atoms. The number of allylic oxidation sites excluding steroid dienone is 5. The molecule has 1 rings (SSSR count). The predicted molar refractivity (Wildman–Crippen MR) is 238 cm³/mol. The number of hydrogen-bond donors (Lipinski definition) is 2. The summed E-state index contributed by atoms with van der Waals surface area (Å²) in [6.45, 7) is 21.5. The molecular weight excluding hydrogens is 746 g/mol. The van der Waals surface area contributed by atoms with Crippen LogP contribution in [0.1, 0.15) is 152 Å². The lowest BCUT2D eigenvalue weighted by atomic mass is 9.87. The van der Waals surface area contributed by atoms with Crippen LogP contribution in [-0.2, 0) is 33.1 Å². The number of unbranched alkanes of at least 4 members (excludes halogenated alkanes) is 7. The molecule has 1 aliphatic heterocycles. The van der Waals surface area contributed by atoms with Crippen LogP contribution in [0.4, 0.5) is 0 Å². The van der Waals surface area contributed by atoms with Gasteiger partial charge in [-0.2, -0.15) is 0 Å². The van der Waals surface area contributed by atoms with E-state index in [-0.39, 0.29) is 35.6 Å². The average Bonchev–Trinajstić information content (AvgIpc) is 3.16. The van der Waals surface area contributed by atoms with Crippen molar-refractivity contribution < 1.29 is 43.4 Å². The molecule has 0 amide bonds. The van der Waals surface area contributed by atoms with Gasteiger partial charge in [-0.05, 0) is 69.5 Å². The highest BCUT2D eigenvalue weighted by Crippen LogP contribution is 2.47. The molecule has 2 N–H and O–H groups in total. The fourth-order valence-corrected chi connectivity index (χ4v) is 9.74. The molecule has 0 bridgehead atoms. The Kier molecular flexibility index (Phi) is 35.7. The first-order chi connectivity index (χ1) is 26.6. The minimum atomic E-state index is -0.638. The summed E-state index contributed by atoms with van der Waals surface area (Å²) < 4.78 is 26.4. The normalized spacial score (nSPS) is 25.1. The van der Waals surface area contributed by atoms with E-state index in [0.717, 1.165) is 51.2 Å². The summed E-state index contributed by atoms with van der Waals surface area (Å²) in [4.78, 5) is 23.9. The number of carbonyl (C=O) groups excluding carboxylic acids is 2. The number of hydrogen-bond acceptors (Lipinski definition) is 9. The predicted octanol–water partition coefficient (Wildman–Crippen LogP) is 11.8. The van der Waals surface area contributed by atoms with Crippen LogP contribution >= 0.6 is 17.6 Å². The molecule has 328 valence electrons. The van der Waals surface area contributed by atoms with Crippen LogP contribution in [0.2, 0.25) is 0 Å². The second-order valence-electron chi connectivity index (χ2n) is 15.9. The lowest BCUT2D eigenvalue weighted by Crippen LogP contribution is -2.26. The Morgan fingerprint density at radius 3 is 2.18 bits per heavy atom. The molecule has 0 radical (unpaired) electrons. The first-order valence-corrected chi connectivity index (χ1v) is 23.3. The quantitative estimate of drug-likeness (QED) is 0.0406. The number of carbonyl (C=O) groups is 2. The van der Waals surface area contributed by atoms with Crippen LogP contribution in [0, 0.1) is 29.6 Å². The molecule has 0 aromatic rings. The van der Waals surface area contributed by atoms with Crippen LogP contribution in [0.5, 0.6) is 0 Å². The molecule has 11 heteroatoms. The van der Waals surface area contributed by atoms with E-state index < -0.39 is 20.2 Å². The van der Waals surface area contributed by atoms with Crippen molar-refractivity contribution in [3.8, 4) is 0 Å². The van der Waals surface area contributed by atoms with Crippen LogP contribution in [0.3, 0.4) is 0 Å². The van der Waals surface area contributed by atoms with Crippen molar-refractivity contribution in [2.24, 2.45) is 29.6 Å². The highest BCUT2D eigenvalue weighted by molar-refractivity contribution is 7.52. The fourth-order valence-electron chi connectivity index (χ4n) is 7.39. The molecule has 1 heterocycles. The van der Waals surface area contributed by atoms with E-state index in [0.29, 0.717) is 30.3 Å². The van der Waals surface area contributed by atoms with Crippen molar-refractivity contribution >= 4 is 29.6 Å². The first-order valence-electron chi connectivity index (χ1n) is 21.1. The number of aliphatic hydroxyl groups is 2. The van der Waals surface area contributed by atoms with Crippen LogP contribution in [0.15, 0.2) is 47.3 Å². The second-order valence-corrected chi connectivity index (χ2v) is 17.9. The molecule has 0 aromatic heterocycles. The van der Waals surface area contributed by atoms with Crippen molar-refractivity contribution in [1.82, 2.24) is 0 Å². The van der Waals surface area contributed by atoms with E-state index in [1.54, 1.807) is 6.08 Å². The Morgan fingerprint density at radius 1 is 0.982 bits per heavy atom. The molecule has 0 saturated heterocycles. The summed E-state index contributed by atoms with van der Waals surface area (Å²) in [7, 11) is 5.49. The monoisotopic (exact) mass is 831 g/mol. The van der Waals surface area contributed by atoms with Gasteiger partial charge < -0.3 is 24.4 Å². The van der Waals surface area contributed by atoms with Crippen LogP contribution < -0.4 is 0 Å². The summed E-state index contributed by atoms with van der Waals surface area (Å²) in [5.41, 5.74) is 2.58. The number of aliphatic hydroxyl groups excluding tert-OH is 2. The molecule has 0 aromatic carbocycles. The lowest BCUT2D eigenvalue weighted by Gasteiger charge is -2.31. The number of rotatable bonds is 20. The van der Waals surface area contributed by atoms with Gasteiger partial charge in [0.05, 0.1) is 28.5 Å². The average molecular weight is 831 g/mol. The Bertz CT molecular complexity index is 1140. The van der Waals surface area contributed by atoms with E-state index in [2.05, 4.69) is 87.6 Å². The summed E-state index contributed by atoms with van der Waals surface area (Å²) in [5, 5.41) is 17.8. The van der Waals surface area contributed by atoms with Crippen molar-refractivity contribution in [2.75, 3.05) is 28.0 Å². The van der Waals surface area contributed by atoms with Gasteiger partial charge in [-0.25, -0.2) is 14.1 Å². The Balaban J connectivity index is 0. The van der Waals surface area contributed by atoms with E-state index in [1.165, 1.54) is 58.3 Å². The summed E-state index contributed by atoms with van der Waals surface area (Å²) in [5.74, 6) is 1.04. The Morgan fingerprint density at radius 2 is 1.59 bits per heavy atom. The van der Waals surface area contributed by atoms with E-state index in [9.17, 15) is 14.7 Å². The van der Waals surface area contributed by atoms with Gasteiger partial charge in [-0.15, -0.1) is 0 Å². The first kappa shape index (κ1) is 56.5. The zero-order valence-corrected chi connectivity index (χ0v) is 39.7. The highest BCUT2D eigenvalue weighted by atomic mass is 31.1. The van der Waals surface area contributed by atoms with Gasteiger partial charge in [0.1, 0.15) is 6.10 Å². The van der Waals surface area contributed by atoms with Crippen molar-refractivity contribution in [3.05, 3.63) is 47.3 Å². The molecule has 7 unspecified atom stereocenters. The minimum Gasteiger partial charge on any atom is -0.490 e. The van der Waals surface area contributed by atoms with Gasteiger partial charge in [0, 0.05) is 41.0 Å². The second kappa shape index (κ2) is 35.4.